The molecule has 1 aromatic carbocycles. The lowest BCUT2D eigenvalue weighted by Crippen LogP contribution is -2.39. The van der Waals surface area contributed by atoms with Crippen LogP contribution in [0.15, 0.2) is 35.7 Å². The number of rotatable bonds is 6. The molecule has 3 rings (SSSR count). The number of benzene rings is 1. The van der Waals surface area contributed by atoms with Crippen LogP contribution in [0.4, 0.5) is 5.69 Å². The van der Waals surface area contributed by atoms with Crippen LogP contribution >= 0.6 is 11.8 Å². The normalized spacial score (nSPS) is 19.2. The third-order valence-electron chi connectivity index (χ3n) is 5.25. The van der Waals surface area contributed by atoms with Gasteiger partial charge in [-0.25, -0.2) is 0 Å². The Hall–Kier alpha value is -2.35. The van der Waals surface area contributed by atoms with Crippen LogP contribution < -0.4 is 5.32 Å². The van der Waals surface area contributed by atoms with Gasteiger partial charge in [-0.15, -0.1) is 10.2 Å². The summed E-state index contributed by atoms with van der Waals surface area (Å²) in [7, 11) is 3.71. The van der Waals surface area contributed by atoms with Crippen LogP contribution in [-0.2, 0) is 11.8 Å². The molecule has 2 aromatic rings. The summed E-state index contributed by atoms with van der Waals surface area (Å²) in [5.74, 6) is 0.833. The quantitative estimate of drug-likeness (QED) is 0.752. The van der Waals surface area contributed by atoms with Gasteiger partial charge in [0.2, 0.25) is 5.91 Å². The van der Waals surface area contributed by atoms with E-state index in [4.69, 9.17) is 0 Å². The molecule has 1 heterocycles. The Morgan fingerprint density at radius 2 is 2.04 bits per heavy atom. The van der Waals surface area contributed by atoms with E-state index in [2.05, 4.69) is 22.4 Å². The van der Waals surface area contributed by atoms with E-state index in [0.717, 1.165) is 18.8 Å². The van der Waals surface area contributed by atoms with Gasteiger partial charge in [0.1, 0.15) is 6.33 Å². The second-order valence-electron chi connectivity index (χ2n) is 7.47. The molecule has 1 fully saturated rings. The van der Waals surface area contributed by atoms with E-state index in [9.17, 15) is 9.59 Å². The van der Waals surface area contributed by atoms with E-state index < -0.39 is 0 Å². The molecule has 150 valence electrons. The van der Waals surface area contributed by atoms with Crippen LogP contribution in [0.25, 0.3) is 0 Å². The Bertz CT molecular complexity index is 830. The molecular formula is C20H27N5O2S. The summed E-state index contributed by atoms with van der Waals surface area (Å²) in [5, 5.41) is 11.3. The highest BCUT2D eigenvalue weighted by Crippen LogP contribution is 2.27. The van der Waals surface area contributed by atoms with Gasteiger partial charge in [-0.1, -0.05) is 24.8 Å². The van der Waals surface area contributed by atoms with Crippen molar-refractivity contribution in [3.8, 4) is 0 Å². The lowest BCUT2D eigenvalue weighted by Gasteiger charge is -2.33. The Morgan fingerprint density at radius 1 is 1.29 bits per heavy atom. The van der Waals surface area contributed by atoms with Crippen molar-refractivity contribution >= 4 is 29.3 Å². The van der Waals surface area contributed by atoms with Crippen molar-refractivity contribution in [3.05, 3.63) is 36.2 Å². The van der Waals surface area contributed by atoms with Gasteiger partial charge < -0.3 is 14.8 Å². The van der Waals surface area contributed by atoms with Crippen LogP contribution in [0.3, 0.4) is 0 Å². The van der Waals surface area contributed by atoms with Crippen LogP contribution in [0.5, 0.6) is 0 Å². The summed E-state index contributed by atoms with van der Waals surface area (Å²) in [5.41, 5.74) is 1.22. The minimum atomic E-state index is -0.146. The lowest BCUT2D eigenvalue weighted by molar-refractivity contribution is -0.113. The maximum absolute atomic E-state index is 12.9. The first-order chi connectivity index (χ1) is 13.4. The highest BCUT2D eigenvalue weighted by Gasteiger charge is 2.25. The number of carbonyl (C=O) groups is 2. The monoisotopic (exact) mass is 401 g/mol. The van der Waals surface area contributed by atoms with Gasteiger partial charge in [0.05, 0.1) is 5.75 Å². The number of aromatic nitrogens is 3. The van der Waals surface area contributed by atoms with Gasteiger partial charge in [-0.3, -0.25) is 9.59 Å². The zero-order chi connectivity index (χ0) is 20.1. The molecule has 8 heteroatoms. The predicted molar refractivity (Wildman–Crippen MR) is 110 cm³/mol. The first-order valence-electron chi connectivity index (χ1n) is 9.58. The third kappa shape index (κ3) is 5.13. The summed E-state index contributed by atoms with van der Waals surface area (Å²) >= 11 is 1.32. The van der Waals surface area contributed by atoms with Crippen molar-refractivity contribution in [2.45, 2.75) is 43.8 Å². The summed E-state index contributed by atoms with van der Waals surface area (Å²) in [6.07, 6.45) is 6.04. The number of amides is 2. The highest BCUT2D eigenvalue weighted by atomic mass is 32.2. The van der Waals surface area contributed by atoms with Crippen LogP contribution in [0.2, 0.25) is 0 Å². The molecule has 7 nitrogen and oxygen atoms in total. The smallest absolute Gasteiger partial charge is 0.253 e. The maximum atomic E-state index is 12.9. The summed E-state index contributed by atoms with van der Waals surface area (Å²) in [4.78, 5) is 27.0. The molecular weight excluding hydrogens is 374 g/mol. The molecule has 0 bridgehead atoms. The fraction of sp³-hybridized carbons (Fsp3) is 0.500. The van der Waals surface area contributed by atoms with Crippen molar-refractivity contribution in [3.63, 3.8) is 0 Å². The molecule has 0 saturated heterocycles. The zero-order valence-electron chi connectivity index (χ0n) is 16.6. The van der Waals surface area contributed by atoms with Crippen molar-refractivity contribution in [1.82, 2.24) is 19.7 Å². The molecule has 0 aliphatic heterocycles. The fourth-order valence-corrected chi connectivity index (χ4v) is 4.15. The molecule has 0 unspecified atom stereocenters. The van der Waals surface area contributed by atoms with Crippen molar-refractivity contribution in [1.29, 1.82) is 0 Å². The number of anilines is 1. The minimum absolute atomic E-state index is 0.00381. The molecule has 0 spiro atoms. The zero-order valence-corrected chi connectivity index (χ0v) is 17.4. The Kier molecular flexibility index (Phi) is 6.72. The second-order valence-corrected chi connectivity index (χ2v) is 8.41. The first kappa shape index (κ1) is 20.4. The van der Waals surface area contributed by atoms with Gasteiger partial charge in [0.15, 0.2) is 5.16 Å². The molecule has 0 atom stereocenters. The highest BCUT2D eigenvalue weighted by molar-refractivity contribution is 7.99. The number of nitrogens with zero attached hydrogens (tertiary/aromatic N) is 4. The van der Waals surface area contributed by atoms with E-state index in [0.29, 0.717) is 22.4 Å². The van der Waals surface area contributed by atoms with Crippen LogP contribution in [0.1, 0.15) is 43.0 Å². The minimum Gasteiger partial charge on any atom is -0.339 e. The second kappa shape index (κ2) is 9.23. The summed E-state index contributed by atoms with van der Waals surface area (Å²) in [6, 6.07) is 7.44. The van der Waals surface area contributed by atoms with Gasteiger partial charge in [0.25, 0.3) is 5.91 Å². The largest absolute Gasteiger partial charge is 0.339 e. The van der Waals surface area contributed by atoms with Crippen molar-refractivity contribution in [2.75, 3.05) is 18.1 Å². The SMILES string of the molecule is CC1CCC(N(C)C(=O)c2cccc(NC(=O)CSc3nncn3C)c2)CC1. The van der Waals surface area contributed by atoms with E-state index in [1.807, 2.05) is 19.0 Å². The predicted octanol–water partition coefficient (Wildman–Crippen LogP) is 3.20. The van der Waals surface area contributed by atoms with E-state index >= 15 is 0 Å². The number of thioether (sulfide) groups is 1. The number of carbonyl (C=O) groups excluding carboxylic acids is 2. The van der Waals surface area contributed by atoms with Crippen LogP contribution in [-0.4, -0.2) is 50.3 Å². The molecule has 2 amide bonds. The van der Waals surface area contributed by atoms with Crippen LogP contribution in [0, 0.1) is 5.92 Å². The number of nitrogens with one attached hydrogen (secondary N) is 1. The Balaban J connectivity index is 1.57. The van der Waals surface area contributed by atoms with Crippen molar-refractivity contribution in [2.24, 2.45) is 13.0 Å². The molecule has 1 N–H and O–H groups in total. The van der Waals surface area contributed by atoms with E-state index in [1.54, 1.807) is 35.2 Å². The average Bonchev–Trinajstić information content (AvgIpc) is 3.11. The molecule has 1 saturated carbocycles. The molecule has 1 aliphatic carbocycles. The molecule has 0 radical (unpaired) electrons. The van der Waals surface area contributed by atoms with Gasteiger partial charge >= 0.3 is 0 Å². The third-order valence-corrected chi connectivity index (χ3v) is 6.28. The summed E-state index contributed by atoms with van der Waals surface area (Å²) < 4.78 is 1.76. The van der Waals surface area contributed by atoms with E-state index in [1.165, 1.54) is 24.6 Å². The fourth-order valence-electron chi connectivity index (χ4n) is 3.46. The lowest BCUT2D eigenvalue weighted by atomic mass is 9.86. The topological polar surface area (TPSA) is 80.1 Å². The molecule has 28 heavy (non-hydrogen) atoms. The summed E-state index contributed by atoms with van der Waals surface area (Å²) in [6.45, 7) is 2.27. The number of aryl methyl sites for hydroxylation is 1. The van der Waals surface area contributed by atoms with E-state index in [-0.39, 0.29) is 17.6 Å². The number of hydrogen-bond acceptors (Lipinski definition) is 5. The first-order valence-corrected chi connectivity index (χ1v) is 10.6. The van der Waals surface area contributed by atoms with Gasteiger partial charge in [0, 0.05) is 31.4 Å². The molecule has 1 aliphatic rings. The Labute approximate surface area is 169 Å². The maximum Gasteiger partial charge on any atom is 0.253 e. The molecule has 1 aromatic heterocycles. The Morgan fingerprint density at radius 3 is 2.71 bits per heavy atom. The standard InChI is InChI=1S/C20H27N5O2S/c1-14-7-9-17(10-8-14)25(3)19(27)15-5-4-6-16(11-15)22-18(26)12-28-20-23-21-13-24(20)2/h4-6,11,13-14,17H,7-10,12H2,1-3H3,(H,22,26). The number of hydrogen-bond donors (Lipinski definition) is 1. The van der Waals surface area contributed by atoms with Gasteiger partial charge in [-0.05, 0) is 49.8 Å². The van der Waals surface area contributed by atoms with Gasteiger partial charge in [-0.2, -0.15) is 0 Å². The van der Waals surface area contributed by atoms with Crippen molar-refractivity contribution < 1.29 is 9.59 Å². The average molecular weight is 402 g/mol.